The summed E-state index contributed by atoms with van der Waals surface area (Å²) in [7, 11) is 0. The summed E-state index contributed by atoms with van der Waals surface area (Å²) in [6.45, 7) is 4.03. The number of nitrogens with zero attached hydrogens (tertiary/aromatic N) is 5. The molecule has 6 aromatic heterocycles. The van der Waals surface area contributed by atoms with Gasteiger partial charge in [0.05, 0.1) is 29.3 Å². The number of anilines is 1. The Morgan fingerprint density at radius 1 is 0.892 bits per heavy atom. The lowest BCUT2D eigenvalue weighted by atomic mass is 10.0. The molecule has 0 spiro atoms. The fourth-order valence-electron chi connectivity index (χ4n) is 4.46. The molecule has 0 fully saturated rings. The maximum Gasteiger partial charge on any atom is 0.224 e. The highest BCUT2D eigenvalue weighted by atomic mass is 16.1. The third-order valence-electron chi connectivity index (χ3n) is 6.16. The Morgan fingerprint density at radius 2 is 1.70 bits per heavy atom. The maximum absolute atomic E-state index is 12.2. The van der Waals surface area contributed by atoms with Crippen LogP contribution in [0.15, 0.2) is 73.7 Å². The summed E-state index contributed by atoms with van der Waals surface area (Å²) in [5, 5.41) is 12.4. The Balaban J connectivity index is 1.38. The van der Waals surface area contributed by atoms with Crippen LogP contribution in [0.4, 0.5) is 5.69 Å². The van der Waals surface area contributed by atoms with Crippen molar-refractivity contribution in [2.24, 2.45) is 5.92 Å². The minimum atomic E-state index is -0.0286. The third-order valence-corrected chi connectivity index (χ3v) is 6.16. The first-order chi connectivity index (χ1) is 18.0. The second-order valence-corrected chi connectivity index (χ2v) is 9.37. The van der Waals surface area contributed by atoms with Crippen LogP contribution in [0.25, 0.3) is 55.6 Å². The number of hydrogen-bond donors (Lipinski definition) is 3. The Kier molecular flexibility index (Phi) is 5.65. The number of hydrogen-bond acceptors (Lipinski definition) is 6. The normalized spacial score (nSPS) is 11.4. The number of fused-ring (bicyclic) bond motifs is 2. The van der Waals surface area contributed by atoms with Crippen LogP contribution in [0.2, 0.25) is 0 Å². The van der Waals surface area contributed by atoms with E-state index in [1.165, 1.54) is 0 Å². The number of aromatic nitrogens is 7. The van der Waals surface area contributed by atoms with Gasteiger partial charge in [-0.05, 0) is 41.8 Å². The van der Waals surface area contributed by atoms with Gasteiger partial charge in [-0.25, -0.2) is 4.98 Å². The number of aromatic amines is 2. The number of amides is 1. The zero-order valence-electron chi connectivity index (χ0n) is 20.4. The second-order valence-electron chi connectivity index (χ2n) is 9.37. The highest BCUT2D eigenvalue weighted by Crippen LogP contribution is 2.34. The van der Waals surface area contributed by atoms with E-state index in [2.05, 4.69) is 46.5 Å². The molecule has 3 N–H and O–H groups in total. The number of pyridine rings is 4. The predicted molar refractivity (Wildman–Crippen MR) is 144 cm³/mol. The van der Waals surface area contributed by atoms with Gasteiger partial charge in [-0.3, -0.25) is 24.8 Å². The largest absolute Gasteiger partial charge is 0.352 e. The first-order valence-corrected chi connectivity index (χ1v) is 12.0. The molecular weight excluding hydrogens is 464 g/mol. The molecule has 6 rings (SSSR count). The molecule has 0 radical (unpaired) electrons. The zero-order chi connectivity index (χ0) is 25.4. The van der Waals surface area contributed by atoms with E-state index >= 15 is 0 Å². The lowest BCUT2D eigenvalue weighted by molar-refractivity contribution is -0.116. The molecule has 0 unspecified atom stereocenters. The lowest BCUT2D eigenvalue weighted by Crippen LogP contribution is -2.13. The molecule has 0 aliphatic heterocycles. The number of nitrogens with one attached hydrogen (secondary N) is 3. The summed E-state index contributed by atoms with van der Waals surface area (Å²) in [5.74, 6) is 0.252. The molecular formula is C28H24N8O. The topological polar surface area (TPSA) is 125 Å². The van der Waals surface area contributed by atoms with Crippen molar-refractivity contribution in [3.63, 3.8) is 0 Å². The van der Waals surface area contributed by atoms with Gasteiger partial charge in [0.1, 0.15) is 5.69 Å². The Labute approximate surface area is 212 Å². The first kappa shape index (κ1) is 22.5. The van der Waals surface area contributed by atoms with Crippen molar-refractivity contribution in [3.8, 4) is 33.6 Å². The number of carbonyl (C=O) groups is 1. The average molecular weight is 489 g/mol. The molecule has 0 bridgehead atoms. The van der Waals surface area contributed by atoms with E-state index in [-0.39, 0.29) is 11.8 Å². The van der Waals surface area contributed by atoms with Gasteiger partial charge < -0.3 is 10.3 Å². The summed E-state index contributed by atoms with van der Waals surface area (Å²) in [4.78, 5) is 33.1. The SMILES string of the molecule is CC(C)CC(=O)Nc1cncc(-c2cnc3[nH]nc(-c4cc5c(-c6ccncc6)cncc5[nH]4)c3c2)c1. The van der Waals surface area contributed by atoms with E-state index in [1.54, 1.807) is 31.0 Å². The van der Waals surface area contributed by atoms with E-state index < -0.39 is 0 Å². The number of carbonyl (C=O) groups excluding carboxylic acids is 1. The van der Waals surface area contributed by atoms with Crippen LogP contribution in [0.3, 0.4) is 0 Å². The molecule has 37 heavy (non-hydrogen) atoms. The lowest BCUT2D eigenvalue weighted by Gasteiger charge is -2.08. The average Bonchev–Trinajstić information content (AvgIpc) is 3.52. The van der Waals surface area contributed by atoms with E-state index in [9.17, 15) is 4.79 Å². The molecule has 9 nitrogen and oxygen atoms in total. The van der Waals surface area contributed by atoms with Gasteiger partial charge >= 0.3 is 0 Å². The molecule has 0 atom stereocenters. The van der Waals surface area contributed by atoms with E-state index in [1.807, 2.05) is 50.5 Å². The minimum Gasteiger partial charge on any atom is -0.352 e. The van der Waals surface area contributed by atoms with Gasteiger partial charge in [-0.1, -0.05) is 13.8 Å². The van der Waals surface area contributed by atoms with E-state index in [0.29, 0.717) is 17.8 Å². The van der Waals surface area contributed by atoms with Crippen LogP contribution in [-0.4, -0.2) is 41.0 Å². The van der Waals surface area contributed by atoms with Crippen LogP contribution in [0.5, 0.6) is 0 Å². The van der Waals surface area contributed by atoms with Crippen molar-refractivity contribution < 1.29 is 4.79 Å². The summed E-state index contributed by atoms with van der Waals surface area (Å²) in [6.07, 6.45) is 12.9. The summed E-state index contributed by atoms with van der Waals surface area (Å²) < 4.78 is 0. The maximum atomic E-state index is 12.2. The van der Waals surface area contributed by atoms with Crippen molar-refractivity contribution in [1.82, 2.24) is 35.1 Å². The molecule has 182 valence electrons. The van der Waals surface area contributed by atoms with Gasteiger partial charge in [0.15, 0.2) is 5.65 Å². The van der Waals surface area contributed by atoms with E-state index in [0.717, 1.165) is 49.9 Å². The summed E-state index contributed by atoms with van der Waals surface area (Å²) in [5.41, 5.74) is 7.65. The fourth-order valence-corrected chi connectivity index (χ4v) is 4.46. The smallest absolute Gasteiger partial charge is 0.224 e. The van der Waals surface area contributed by atoms with Crippen LogP contribution in [0.1, 0.15) is 20.3 Å². The van der Waals surface area contributed by atoms with E-state index in [4.69, 9.17) is 0 Å². The van der Waals surface area contributed by atoms with Crippen molar-refractivity contribution in [2.45, 2.75) is 20.3 Å². The standard InChI is InChI=1S/C28H24N8O/c1-16(2)7-26(37)33-20-8-18(11-30-13-20)19-9-22-27(35-36-28(22)32-12-19)24-10-21-23(14-31-15-25(21)34-24)17-3-5-29-6-4-17/h3-6,8-16,34H,7H2,1-2H3,(H,33,37)(H,32,35,36). The minimum absolute atomic E-state index is 0.0286. The van der Waals surface area contributed by atoms with Crippen molar-refractivity contribution >= 4 is 33.5 Å². The molecule has 9 heteroatoms. The number of rotatable bonds is 6. The van der Waals surface area contributed by atoms with Gasteiger partial charge in [0, 0.05) is 64.9 Å². The molecule has 0 saturated carbocycles. The van der Waals surface area contributed by atoms with Gasteiger partial charge in [-0.2, -0.15) is 5.10 Å². The van der Waals surface area contributed by atoms with Crippen molar-refractivity contribution in [1.29, 1.82) is 0 Å². The monoisotopic (exact) mass is 488 g/mol. The van der Waals surface area contributed by atoms with Crippen molar-refractivity contribution in [2.75, 3.05) is 5.32 Å². The molecule has 0 aliphatic rings. The Morgan fingerprint density at radius 3 is 2.54 bits per heavy atom. The first-order valence-electron chi connectivity index (χ1n) is 12.0. The molecule has 6 aromatic rings. The quantitative estimate of drug-likeness (QED) is 0.280. The number of H-pyrrole nitrogens is 2. The van der Waals surface area contributed by atoms with Gasteiger partial charge in [-0.15, -0.1) is 0 Å². The third kappa shape index (κ3) is 4.42. The predicted octanol–water partition coefficient (Wildman–Crippen LogP) is 5.61. The molecule has 0 aliphatic carbocycles. The van der Waals surface area contributed by atoms with Gasteiger partial charge in [0.2, 0.25) is 5.91 Å². The molecule has 0 saturated heterocycles. The van der Waals surface area contributed by atoms with Crippen LogP contribution in [-0.2, 0) is 4.79 Å². The fraction of sp³-hybridized carbons (Fsp3) is 0.143. The van der Waals surface area contributed by atoms with Crippen LogP contribution in [0, 0.1) is 5.92 Å². The van der Waals surface area contributed by atoms with Crippen LogP contribution < -0.4 is 5.32 Å². The highest BCUT2D eigenvalue weighted by Gasteiger charge is 2.16. The molecule has 6 heterocycles. The van der Waals surface area contributed by atoms with Crippen molar-refractivity contribution in [3.05, 3.63) is 73.7 Å². The summed E-state index contributed by atoms with van der Waals surface area (Å²) >= 11 is 0. The molecule has 1 amide bonds. The zero-order valence-corrected chi connectivity index (χ0v) is 20.4. The van der Waals surface area contributed by atoms with Gasteiger partial charge in [0.25, 0.3) is 0 Å². The highest BCUT2D eigenvalue weighted by molar-refractivity contribution is 6.00. The molecule has 0 aromatic carbocycles. The Hall–Kier alpha value is -4.92. The Bertz CT molecular complexity index is 1740. The second kappa shape index (κ2) is 9.27. The summed E-state index contributed by atoms with van der Waals surface area (Å²) in [6, 6.07) is 9.96. The van der Waals surface area contributed by atoms with Crippen LogP contribution >= 0.6 is 0 Å².